The summed E-state index contributed by atoms with van der Waals surface area (Å²) in [7, 11) is 0. The molecule has 29 N–H and O–H groups in total. The van der Waals surface area contributed by atoms with E-state index in [9.17, 15) is 107 Å². The summed E-state index contributed by atoms with van der Waals surface area (Å²) in [6.07, 6.45) is -1.39. The lowest BCUT2D eigenvalue weighted by molar-refractivity contribution is -0.142. The van der Waals surface area contributed by atoms with Gasteiger partial charge in [0.25, 0.3) is 0 Å². The van der Waals surface area contributed by atoms with E-state index in [0.717, 1.165) is 22.7 Å². The molecule has 2 aromatic rings. The van der Waals surface area contributed by atoms with Gasteiger partial charge in [-0.15, -0.1) is 0 Å². The number of benzene rings is 1. The molecular formula is C54H82N20O22. The zero-order chi connectivity index (χ0) is 71.9. The van der Waals surface area contributed by atoms with Crippen LogP contribution in [0.2, 0.25) is 0 Å². The Labute approximate surface area is 544 Å². The Morgan fingerprint density at radius 1 is 0.573 bits per heavy atom. The highest BCUT2D eigenvalue weighted by Gasteiger charge is 2.37. The van der Waals surface area contributed by atoms with Crippen molar-refractivity contribution in [2.45, 2.75) is 118 Å². The molecule has 0 saturated carbocycles. The molecule has 0 radical (unpaired) electrons. The van der Waals surface area contributed by atoms with Gasteiger partial charge in [0.2, 0.25) is 88.6 Å². The summed E-state index contributed by atoms with van der Waals surface area (Å²) in [5.74, 6) is -18.2. The standard InChI is InChI=1S/C54H82N20O22/c1-24(79)43(52(94)64-18-39(82)66-30(13-37(56)80)47(89)69-29(53(95)96)8-4-10-60-54(58)59)73-50(92)35(23-78)68-41(84)17-63-51(93)36-9-5-11-74(36)42(85)19-65-46(88)33(21-76)72-49(91)34(22-77)67-40(83)16-62-45(87)32(20-75)71-48(90)31(14-38(57)81)70-44(86)27(55)12-25-15-61-28-7-3-2-6-26(25)28/h2-3,6-7,15,24,27,29-36,43,61,75-79H,4-5,8-14,16-23,55H2,1H3,(H2,56,80)(H2,57,81)(H,62,87)(H,63,93)(H,64,94)(H,65,88)(H,66,82)(H,67,83)(H,68,84)(H,69,89)(H,70,86)(H,71,90)(H,72,91)(H,73,92)(H,95,96)(H4,58,59,60)/t24-,27+,29+,30+,31+,32+,33+,34+,35+,36+,43+/m1/s1. The fourth-order valence-electron chi connectivity index (χ4n) is 9.06. The van der Waals surface area contributed by atoms with Gasteiger partial charge in [-0.3, -0.25) is 76.9 Å². The van der Waals surface area contributed by atoms with Crippen LogP contribution in [0, 0.1) is 0 Å². The second kappa shape index (κ2) is 39.8. The van der Waals surface area contributed by atoms with Crippen molar-refractivity contribution < 1.29 is 107 Å². The summed E-state index contributed by atoms with van der Waals surface area (Å²) >= 11 is 0. The van der Waals surface area contributed by atoms with Gasteiger partial charge in [0.15, 0.2) is 5.96 Å². The first-order chi connectivity index (χ1) is 45.3. The molecule has 11 atom stereocenters. The number of H-pyrrole nitrogens is 1. The molecule has 42 nitrogen and oxygen atoms in total. The summed E-state index contributed by atoms with van der Waals surface area (Å²) in [5.41, 5.74) is 28.5. The van der Waals surface area contributed by atoms with Gasteiger partial charge in [0, 0.05) is 30.2 Å². The predicted octanol–water partition coefficient (Wildman–Crippen LogP) is -14.4. The van der Waals surface area contributed by atoms with E-state index >= 15 is 0 Å². The minimum absolute atomic E-state index is 0.00880. The molecule has 15 amide bonds. The Bertz CT molecular complexity index is 3180. The van der Waals surface area contributed by atoms with Crippen LogP contribution < -0.4 is 92.5 Å². The third kappa shape index (κ3) is 26.4. The van der Waals surface area contributed by atoms with E-state index in [-0.39, 0.29) is 51.2 Å². The van der Waals surface area contributed by atoms with Gasteiger partial charge >= 0.3 is 5.97 Å². The Kier molecular flexibility index (Phi) is 32.9. The molecule has 1 aromatic carbocycles. The molecule has 3 rings (SSSR count). The lowest BCUT2D eigenvalue weighted by Crippen LogP contribution is -2.59. The number of hydrogen-bond acceptors (Lipinski definition) is 23. The number of hydrogen-bond donors (Lipinski definition) is 24. The van der Waals surface area contributed by atoms with Gasteiger partial charge in [-0.05, 0) is 50.7 Å². The third-order valence-electron chi connectivity index (χ3n) is 14.0. The number of aliphatic hydroxyl groups excluding tert-OH is 5. The number of nitrogens with one attached hydrogen (secondary N) is 13. The van der Waals surface area contributed by atoms with Crippen molar-refractivity contribution in [2.75, 3.05) is 65.7 Å². The molecule has 1 aromatic heterocycles. The quantitative estimate of drug-likeness (QED) is 0.0167. The SMILES string of the molecule is C[C@@H](O)[C@H](NC(=O)[C@H](CO)NC(=O)CNC(=O)[C@@H]1CCCN1C(=O)CNC(=O)[C@H](CO)NC(=O)[C@H](CO)NC(=O)CNC(=O)[C@H](CO)NC(=O)[C@H](CC(N)=O)NC(=O)[C@@H](N)Cc1c[nH]c2ccccc12)C(=O)NCC(=O)N[C@@H](CC(N)=O)C(=O)N[C@@H](CCCN=C(N)N)C(=O)O. The van der Waals surface area contributed by atoms with Crippen LogP contribution in [0.25, 0.3) is 10.9 Å². The van der Waals surface area contributed by atoms with Crippen molar-refractivity contribution in [3.8, 4) is 0 Å². The van der Waals surface area contributed by atoms with Crippen molar-refractivity contribution in [2.24, 2.45) is 33.7 Å². The molecule has 2 heterocycles. The van der Waals surface area contributed by atoms with Gasteiger partial charge in [-0.1, -0.05) is 18.2 Å². The highest BCUT2D eigenvalue weighted by molar-refractivity contribution is 6.00. The van der Waals surface area contributed by atoms with E-state index in [1.54, 1.807) is 30.5 Å². The van der Waals surface area contributed by atoms with Crippen molar-refractivity contribution in [3.63, 3.8) is 0 Å². The number of nitrogens with two attached hydrogens (primary N) is 5. The van der Waals surface area contributed by atoms with Gasteiger partial charge in [0.05, 0.1) is 77.6 Å². The number of carboxylic acids is 1. The maximum atomic E-state index is 13.3. The van der Waals surface area contributed by atoms with Crippen molar-refractivity contribution >= 4 is 111 Å². The highest BCUT2D eigenvalue weighted by Crippen LogP contribution is 2.20. The topological polar surface area (TPSA) is 700 Å². The van der Waals surface area contributed by atoms with Crippen LogP contribution in [-0.2, 0) is 83.1 Å². The number of para-hydroxylation sites is 1. The molecule has 530 valence electrons. The van der Waals surface area contributed by atoms with Gasteiger partial charge in [0.1, 0.15) is 54.4 Å². The Hall–Kier alpha value is -10.7. The number of aromatic amines is 1. The van der Waals surface area contributed by atoms with Crippen LogP contribution in [0.5, 0.6) is 0 Å². The molecule has 42 heteroatoms. The average Bonchev–Trinajstić information content (AvgIpc) is 1.66. The molecule has 0 spiro atoms. The molecule has 0 bridgehead atoms. The Morgan fingerprint density at radius 3 is 1.53 bits per heavy atom. The Morgan fingerprint density at radius 2 is 1.02 bits per heavy atom. The first-order valence-corrected chi connectivity index (χ1v) is 29.4. The number of aromatic nitrogens is 1. The second-order valence-corrected chi connectivity index (χ2v) is 21.5. The smallest absolute Gasteiger partial charge is 0.326 e. The molecule has 0 unspecified atom stereocenters. The van der Waals surface area contributed by atoms with E-state index in [0.29, 0.717) is 5.56 Å². The molecule has 1 fully saturated rings. The number of nitrogens with zero attached hydrogens (tertiary/aromatic N) is 2. The van der Waals surface area contributed by atoms with Crippen LogP contribution in [-0.4, -0.2) is 273 Å². The van der Waals surface area contributed by atoms with E-state index in [4.69, 9.17) is 28.7 Å². The number of likely N-dealkylation sites (tertiary alicyclic amines) is 1. The van der Waals surface area contributed by atoms with Gasteiger partial charge in [-0.25, -0.2) is 4.79 Å². The summed E-state index contributed by atoms with van der Waals surface area (Å²) in [5, 5.41) is 85.9. The minimum Gasteiger partial charge on any atom is -0.480 e. The third-order valence-corrected chi connectivity index (χ3v) is 14.0. The van der Waals surface area contributed by atoms with Crippen LogP contribution in [0.1, 0.15) is 51.0 Å². The number of aliphatic hydroxyl groups is 5. The molecule has 1 aliphatic rings. The first-order valence-electron chi connectivity index (χ1n) is 29.4. The summed E-state index contributed by atoms with van der Waals surface area (Å²) in [4.78, 5) is 213. The number of carbonyl (C=O) groups excluding carboxylic acids is 15. The second-order valence-electron chi connectivity index (χ2n) is 21.5. The number of aliphatic imine (C=N–C) groups is 1. The van der Waals surface area contributed by atoms with Gasteiger partial charge in [-0.2, -0.15) is 0 Å². The van der Waals surface area contributed by atoms with Crippen LogP contribution in [0.4, 0.5) is 0 Å². The molecule has 1 saturated heterocycles. The zero-order valence-electron chi connectivity index (χ0n) is 51.8. The number of carbonyl (C=O) groups is 16. The lowest BCUT2D eigenvalue weighted by atomic mass is 10.0. The predicted molar refractivity (Wildman–Crippen MR) is 327 cm³/mol. The molecule has 1 aliphatic heterocycles. The summed E-state index contributed by atoms with van der Waals surface area (Å²) in [6.45, 7) is -6.97. The van der Waals surface area contributed by atoms with Crippen molar-refractivity contribution in [1.29, 1.82) is 0 Å². The normalized spacial score (nSPS) is 15.6. The van der Waals surface area contributed by atoms with Crippen molar-refractivity contribution in [1.82, 2.24) is 73.7 Å². The maximum absolute atomic E-state index is 13.3. The number of fused-ring (bicyclic) bond motifs is 1. The van der Waals surface area contributed by atoms with Crippen molar-refractivity contribution in [3.05, 3.63) is 36.0 Å². The molecule has 96 heavy (non-hydrogen) atoms. The number of primary amides is 2. The fraction of sp³-hybridized carbons (Fsp3) is 0.537. The van der Waals surface area contributed by atoms with E-state index < -0.39 is 227 Å². The number of rotatable bonds is 41. The minimum atomic E-state index is -1.87. The molecular weight excluding hydrogens is 1280 g/mol. The fourth-order valence-corrected chi connectivity index (χ4v) is 9.06. The van der Waals surface area contributed by atoms with Gasteiger partial charge < -0.3 is 133 Å². The number of aliphatic carboxylic acids is 1. The number of guanidine groups is 1. The van der Waals surface area contributed by atoms with Crippen LogP contribution >= 0.6 is 0 Å². The average molecular weight is 1360 g/mol. The summed E-state index contributed by atoms with van der Waals surface area (Å²) in [6, 6.07) is -9.36. The lowest BCUT2D eigenvalue weighted by Gasteiger charge is -2.25. The van der Waals surface area contributed by atoms with Crippen LogP contribution in [0.15, 0.2) is 35.5 Å². The van der Waals surface area contributed by atoms with E-state index in [1.165, 1.54) is 0 Å². The monoisotopic (exact) mass is 1360 g/mol. The summed E-state index contributed by atoms with van der Waals surface area (Å²) < 4.78 is 0. The number of amides is 15. The zero-order valence-corrected chi connectivity index (χ0v) is 51.8. The largest absolute Gasteiger partial charge is 0.480 e. The van der Waals surface area contributed by atoms with Crippen LogP contribution in [0.3, 0.4) is 0 Å². The van der Waals surface area contributed by atoms with E-state index in [1.807, 2.05) is 0 Å². The number of carboxylic acid groups (broad SMARTS) is 1. The molecule has 0 aliphatic carbocycles. The highest BCUT2D eigenvalue weighted by atomic mass is 16.4. The first kappa shape index (κ1) is 79.5. The maximum Gasteiger partial charge on any atom is 0.326 e. The Balaban J connectivity index is 1.47. The van der Waals surface area contributed by atoms with E-state index in [2.05, 4.69) is 73.8 Å².